The number of hydrogen-bond acceptors (Lipinski definition) is 6. The van der Waals surface area contributed by atoms with Crippen LogP contribution in [0.25, 0.3) is 11.1 Å². The monoisotopic (exact) mass is 555 g/mol. The average Bonchev–Trinajstić information content (AvgIpc) is 2.90. The molecule has 0 aliphatic carbocycles. The maximum atomic E-state index is 14.2. The second-order valence-corrected chi connectivity index (χ2v) is 10.2. The minimum Gasteiger partial charge on any atom is -0.482 e. The Balaban J connectivity index is 1.50. The van der Waals surface area contributed by atoms with Crippen LogP contribution in [-0.4, -0.2) is 33.0 Å². The highest BCUT2D eigenvalue weighted by Gasteiger charge is 2.27. The van der Waals surface area contributed by atoms with E-state index in [0.29, 0.717) is 34.2 Å². The summed E-state index contributed by atoms with van der Waals surface area (Å²) in [7, 11) is -3.19. The topological polar surface area (TPSA) is 97.8 Å². The summed E-state index contributed by atoms with van der Waals surface area (Å²) in [6, 6.07) is 14.4. The van der Waals surface area contributed by atoms with E-state index >= 15 is 0 Å². The third-order valence-electron chi connectivity index (χ3n) is 5.96. The predicted molar refractivity (Wildman–Crippen MR) is 136 cm³/mol. The van der Waals surface area contributed by atoms with E-state index in [9.17, 15) is 26.4 Å². The Hall–Kier alpha value is -4.58. The molecule has 0 unspecified atom stereocenters. The highest BCUT2D eigenvalue weighted by molar-refractivity contribution is 7.92. The lowest BCUT2D eigenvalue weighted by Crippen LogP contribution is -2.38. The van der Waals surface area contributed by atoms with Crippen LogP contribution >= 0.6 is 0 Å². The number of carbonyl (C=O) groups is 1. The molecule has 1 N–H and O–H groups in total. The minimum atomic E-state index is -4.47. The summed E-state index contributed by atoms with van der Waals surface area (Å²) in [5.41, 5.74) is 2.07. The number of nitrogens with one attached hydrogen (secondary N) is 1. The first-order chi connectivity index (χ1) is 18.6. The van der Waals surface area contributed by atoms with Crippen LogP contribution in [0.4, 0.5) is 24.5 Å². The number of aromatic nitrogens is 1. The molecule has 5 rings (SSSR count). The Bertz CT molecular complexity index is 1680. The van der Waals surface area contributed by atoms with Gasteiger partial charge in [-0.1, -0.05) is 18.2 Å². The molecule has 0 atom stereocenters. The second kappa shape index (κ2) is 10.3. The van der Waals surface area contributed by atoms with Gasteiger partial charge in [0, 0.05) is 17.8 Å². The van der Waals surface area contributed by atoms with Crippen LogP contribution in [0.3, 0.4) is 0 Å². The van der Waals surface area contributed by atoms with Crippen molar-refractivity contribution in [1.82, 2.24) is 4.98 Å². The Morgan fingerprint density at radius 2 is 1.72 bits per heavy atom. The number of anilines is 2. The van der Waals surface area contributed by atoms with E-state index in [-0.39, 0.29) is 30.6 Å². The van der Waals surface area contributed by atoms with Gasteiger partial charge in [0.15, 0.2) is 6.61 Å². The molecule has 0 radical (unpaired) electrons. The quantitative estimate of drug-likeness (QED) is 0.349. The fraction of sp³-hybridized carbons (Fsp3) is 0.111. The molecule has 3 aromatic carbocycles. The highest BCUT2D eigenvalue weighted by atomic mass is 32.2. The van der Waals surface area contributed by atoms with Crippen LogP contribution in [0.1, 0.15) is 5.56 Å². The lowest BCUT2D eigenvalue weighted by atomic mass is 10.0. The average molecular weight is 556 g/mol. The van der Waals surface area contributed by atoms with Crippen molar-refractivity contribution < 1.29 is 35.9 Å². The van der Waals surface area contributed by atoms with Crippen LogP contribution in [0.5, 0.6) is 11.6 Å². The van der Waals surface area contributed by atoms with Gasteiger partial charge in [-0.2, -0.15) is 0 Å². The standard InChI is InChI=1S/C27H20F3N3O5S/c1-37-27-22(32-39(35,36)25-9-7-20(29)12-21(25)30)10-18(13-31-27)17-4-8-24-23(11-17)33(26(34)15-38-24)14-16-2-5-19(28)6-3-16/h2-13,32H,14-15H2,1H3. The normalized spacial score (nSPS) is 13.0. The van der Waals surface area contributed by atoms with Gasteiger partial charge < -0.3 is 14.4 Å². The molecule has 1 aromatic heterocycles. The van der Waals surface area contributed by atoms with Crippen molar-refractivity contribution in [3.63, 3.8) is 0 Å². The zero-order valence-corrected chi connectivity index (χ0v) is 21.1. The molecule has 1 aliphatic heterocycles. The molecule has 12 heteroatoms. The Morgan fingerprint density at radius 3 is 2.44 bits per heavy atom. The highest BCUT2D eigenvalue weighted by Crippen LogP contribution is 2.38. The fourth-order valence-corrected chi connectivity index (χ4v) is 5.17. The first-order valence-electron chi connectivity index (χ1n) is 11.5. The summed E-state index contributed by atoms with van der Waals surface area (Å²) in [6.45, 7) is 0.0115. The number of methoxy groups -OCH3 is 1. The van der Waals surface area contributed by atoms with E-state index in [0.717, 1.165) is 12.1 Å². The molecule has 0 fully saturated rings. The summed E-state index contributed by atoms with van der Waals surface area (Å²) in [4.78, 5) is 17.6. The number of pyridine rings is 1. The van der Waals surface area contributed by atoms with E-state index in [1.54, 1.807) is 30.3 Å². The van der Waals surface area contributed by atoms with Crippen LogP contribution in [0.2, 0.25) is 0 Å². The van der Waals surface area contributed by atoms with E-state index in [1.165, 1.54) is 36.4 Å². The van der Waals surface area contributed by atoms with Gasteiger partial charge in [-0.3, -0.25) is 9.52 Å². The van der Waals surface area contributed by atoms with Crippen molar-refractivity contribution in [2.75, 3.05) is 23.3 Å². The van der Waals surface area contributed by atoms with Crippen LogP contribution in [0, 0.1) is 17.5 Å². The van der Waals surface area contributed by atoms with Crippen LogP contribution < -0.4 is 19.1 Å². The minimum absolute atomic E-state index is 0.0840. The summed E-state index contributed by atoms with van der Waals surface area (Å²) in [5, 5.41) is 0. The van der Waals surface area contributed by atoms with Crippen molar-refractivity contribution in [3.05, 3.63) is 95.9 Å². The number of ether oxygens (including phenoxy) is 2. The molecule has 200 valence electrons. The maximum Gasteiger partial charge on any atom is 0.265 e. The predicted octanol–water partition coefficient (Wildman–Crippen LogP) is 4.90. The summed E-state index contributed by atoms with van der Waals surface area (Å²) < 4.78 is 79.6. The van der Waals surface area contributed by atoms with E-state index in [4.69, 9.17) is 9.47 Å². The van der Waals surface area contributed by atoms with Crippen molar-refractivity contribution in [2.45, 2.75) is 11.4 Å². The molecule has 2 heterocycles. The molecule has 4 aromatic rings. The molecule has 0 spiro atoms. The van der Waals surface area contributed by atoms with Gasteiger partial charge >= 0.3 is 0 Å². The van der Waals surface area contributed by atoms with Gasteiger partial charge in [-0.05, 0) is 53.6 Å². The molecule has 1 aliphatic rings. The lowest BCUT2D eigenvalue weighted by molar-refractivity contribution is -0.121. The van der Waals surface area contributed by atoms with E-state index in [2.05, 4.69) is 9.71 Å². The Kier molecular flexibility index (Phi) is 6.87. The van der Waals surface area contributed by atoms with Crippen molar-refractivity contribution in [3.8, 4) is 22.8 Å². The number of carbonyl (C=O) groups excluding carboxylic acids is 1. The third kappa shape index (κ3) is 5.36. The molecular formula is C27H20F3N3O5S. The number of halogens is 3. The molecule has 0 bridgehead atoms. The van der Waals surface area contributed by atoms with E-state index < -0.39 is 32.4 Å². The van der Waals surface area contributed by atoms with Crippen molar-refractivity contribution in [1.29, 1.82) is 0 Å². The lowest BCUT2D eigenvalue weighted by Gasteiger charge is -2.30. The van der Waals surface area contributed by atoms with Crippen molar-refractivity contribution in [2.24, 2.45) is 0 Å². The number of benzene rings is 3. The maximum absolute atomic E-state index is 14.2. The molecule has 39 heavy (non-hydrogen) atoms. The zero-order valence-electron chi connectivity index (χ0n) is 20.3. The largest absolute Gasteiger partial charge is 0.482 e. The Labute approximate surface area is 221 Å². The van der Waals surface area contributed by atoms with Crippen LogP contribution in [0.15, 0.2) is 77.8 Å². The van der Waals surface area contributed by atoms with Gasteiger partial charge in [-0.25, -0.2) is 26.6 Å². The van der Waals surface area contributed by atoms with Crippen molar-refractivity contribution >= 4 is 27.3 Å². The summed E-state index contributed by atoms with van der Waals surface area (Å²) in [5.74, 6) is -2.50. The summed E-state index contributed by atoms with van der Waals surface area (Å²) >= 11 is 0. The number of amides is 1. The number of fused-ring (bicyclic) bond motifs is 1. The second-order valence-electron chi connectivity index (χ2n) is 8.54. The smallest absolute Gasteiger partial charge is 0.265 e. The third-order valence-corrected chi connectivity index (χ3v) is 7.36. The molecular weight excluding hydrogens is 535 g/mol. The zero-order chi connectivity index (χ0) is 27.7. The number of hydrogen-bond donors (Lipinski definition) is 1. The van der Waals surface area contributed by atoms with Crippen LogP contribution in [-0.2, 0) is 21.4 Å². The Morgan fingerprint density at radius 1 is 0.974 bits per heavy atom. The fourth-order valence-electron chi connectivity index (χ4n) is 4.07. The molecule has 1 amide bonds. The van der Waals surface area contributed by atoms with E-state index in [1.807, 2.05) is 0 Å². The summed E-state index contributed by atoms with van der Waals surface area (Å²) in [6.07, 6.45) is 1.44. The number of nitrogens with zero attached hydrogens (tertiary/aromatic N) is 2. The van der Waals surface area contributed by atoms with Gasteiger partial charge in [-0.15, -0.1) is 0 Å². The van der Waals surface area contributed by atoms with Gasteiger partial charge in [0.25, 0.3) is 15.9 Å². The molecule has 0 saturated carbocycles. The van der Waals surface area contributed by atoms with Gasteiger partial charge in [0.05, 0.1) is 19.3 Å². The SMILES string of the molecule is COc1ncc(-c2ccc3c(c2)N(Cc2ccc(F)cc2)C(=O)CO3)cc1NS(=O)(=O)c1ccc(F)cc1F. The van der Waals surface area contributed by atoms with Gasteiger partial charge in [0.1, 0.15) is 33.8 Å². The molecule has 0 saturated heterocycles. The number of sulfonamides is 1. The first-order valence-corrected chi connectivity index (χ1v) is 13.0. The number of rotatable bonds is 7. The molecule has 8 nitrogen and oxygen atoms in total. The first kappa shape index (κ1) is 26.0. The van der Waals surface area contributed by atoms with Gasteiger partial charge in [0.2, 0.25) is 5.88 Å².